The lowest BCUT2D eigenvalue weighted by molar-refractivity contribution is -0.135. The van der Waals surface area contributed by atoms with E-state index in [9.17, 15) is 4.79 Å². The second-order valence-corrected chi connectivity index (χ2v) is 8.14. The number of carbonyl (C=O) groups is 1. The van der Waals surface area contributed by atoms with Gasteiger partial charge in [0.15, 0.2) is 6.61 Å². The Morgan fingerprint density at radius 3 is 2.59 bits per heavy atom. The summed E-state index contributed by atoms with van der Waals surface area (Å²) in [5.41, 5.74) is 0. The normalized spacial score (nSPS) is 24.1. The highest BCUT2D eigenvalue weighted by Gasteiger charge is 2.28. The maximum absolute atomic E-state index is 12.6. The summed E-state index contributed by atoms with van der Waals surface area (Å²) >= 11 is 0. The van der Waals surface area contributed by atoms with Gasteiger partial charge >= 0.3 is 0 Å². The fourth-order valence-corrected chi connectivity index (χ4v) is 4.56. The lowest BCUT2D eigenvalue weighted by Gasteiger charge is -2.42. The van der Waals surface area contributed by atoms with Crippen molar-refractivity contribution in [2.45, 2.75) is 38.6 Å². The van der Waals surface area contributed by atoms with Crippen molar-refractivity contribution in [3.8, 4) is 5.75 Å². The average molecular weight is 367 g/mol. The lowest BCUT2D eigenvalue weighted by Crippen LogP contribution is -2.53. The Bertz CT molecular complexity index is 783. The summed E-state index contributed by atoms with van der Waals surface area (Å²) in [6.07, 6.45) is 5.37. The summed E-state index contributed by atoms with van der Waals surface area (Å²) in [7, 11) is 0. The van der Waals surface area contributed by atoms with Gasteiger partial charge in [0.2, 0.25) is 0 Å². The monoisotopic (exact) mass is 366 g/mol. The van der Waals surface area contributed by atoms with E-state index in [4.69, 9.17) is 4.74 Å². The van der Waals surface area contributed by atoms with Crippen LogP contribution in [-0.4, -0.2) is 54.5 Å². The van der Waals surface area contributed by atoms with Gasteiger partial charge in [-0.3, -0.25) is 9.69 Å². The van der Waals surface area contributed by atoms with E-state index in [2.05, 4.69) is 24.0 Å². The van der Waals surface area contributed by atoms with Crippen molar-refractivity contribution >= 4 is 16.7 Å². The first-order chi connectivity index (χ1) is 13.2. The average Bonchev–Trinajstić information content (AvgIpc) is 2.72. The molecule has 144 valence electrons. The Morgan fingerprint density at radius 1 is 1.04 bits per heavy atom. The molecule has 2 aromatic carbocycles. The van der Waals surface area contributed by atoms with Gasteiger partial charge in [0, 0.05) is 32.2 Å². The zero-order chi connectivity index (χ0) is 18.6. The molecule has 4 heteroatoms. The summed E-state index contributed by atoms with van der Waals surface area (Å²) in [5, 5.41) is 2.32. The van der Waals surface area contributed by atoms with E-state index in [1.165, 1.54) is 31.1 Å². The smallest absolute Gasteiger partial charge is 0.260 e. The molecular formula is C23H30N2O2. The quantitative estimate of drug-likeness (QED) is 0.822. The van der Waals surface area contributed by atoms with Crippen LogP contribution >= 0.6 is 0 Å². The van der Waals surface area contributed by atoms with Crippen LogP contribution in [0, 0.1) is 5.92 Å². The first-order valence-corrected chi connectivity index (χ1v) is 10.3. The van der Waals surface area contributed by atoms with E-state index in [1.54, 1.807) is 0 Å². The van der Waals surface area contributed by atoms with E-state index in [0.717, 1.165) is 49.3 Å². The van der Waals surface area contributed by atoms with Crippen molar-refractivity contribution in [3.63, 3.8) is 0 Å². The molecule has 1 saturated carbocycles. The summed E-state index contributed by atoms with van der Waals surface area (Å²) in [5.74, 6) is 1.70. The van der Waals surface area contributed by atoms with Gasteiger partial charge in [-0.05, 0) is 41.7 Å². The highest BCUT2D eigenvalue weighted by molar-refractivity contribution is 5.84. The molecule has 1 amide bonds. The molecule has 1 heterocycles. The third kappa shape index (κ3) is 4.44. The predicted molar refractivity (Wildman–Crippen MR) is 109 cm³/mol. The van der Waals surface area contributed by atoms with Crippen molar-refractivity contribution in [2.24, 2.45) is 5.92 Å². The number of fused-ring (bicyclic) bond motifs is 1. The van der Waals surface area contributed by atoms with Gasteiger partial charge in [0.05, 0.1) is 0 Å². The number of ether oxygens (including phenoxy) is 1. The minimum absolute atomic E-state index is 0.0971. The van der Waals surface area contributed by atoms with Gasteiger partial charge < -0.3 is 9.64 Å². The highest BCUT2D eigenvalue weighted by Crippen LogP contribution is 2.28. The van der Waals surface area contributed by atoms with Gasteiger partial charge in [-0.25, -0.2) is 0 Å². The minimum atomic E-state index is 0.0971. The van der Waals surface area contributed by atoms with Gasteiger partial charge in [-0.2, -0.15) is 0 Å². The Hall–Kier alpha value is -2.07. The van der Waals surface area contributed by atoms with Crippen molar-refractivity contribution in [3.05, 3.63) is 42.5 Å². The molecule has 1 aliphatic carbocycles. The van der Waals surface area contributed by atoms with Crippen LogP contribution in [0.5, 0.6) is 5.75 Å². The zero-order valence-corrected chi connectivity index (χ0v) is 16.3. The van der Waals surface area contributed by atoms with Gasteiger partial charge in [0.1, 0.15) is 5.75 Å². The Balaban J connectivity index is 1.26. The lowest BCUT2D eigenvalue weighted by atomic mass is 9.86. The number of nitrogens with zero attached hydrogens (tertiary/aromatic N) is 2. The molecule has 4 rings (SSSR count). The molecule has 2 aromatic rings. The molecule has 0 aromatic heterocycles. The standard InChI is InChI=1S/C23H30N2O2/c1-18-5-4-8-21(15-18)24-11-13-25(14-12-24)23(26)17-27-22-10-9-19-6-2-3-7-20(19)16-22/h2-3,6-7,9-10,16,18,21H,4-5,8,11-15,17H2,1H3/t18-,21+/m0/s1. The maximum atomic E-state index is 12.6. The number of amides is 1. The number of carbonyl (C=O) groups excluding carboxylic acids is 1. The van der Waals surface area contributed by atoms with Gasteiger partial charge in [-0.15, -0.1) is 0 Å². The fourth-order valence-electron chi connectivity index (χ4n) is 4.56. The molecule has 1 saturated heterocycles. The third-order valence-electron chi connectivity index (χ3n) is 6.18. The highest BCUT2D eigenvalue weighted by atomic mass is 16.5. The number of hydrogen-bond acceptors (Lipinski definition) is 3. The van der Waals surface area contributed by atoms with Crippen LogP contribution in [0.25, 0.3) is 10.8 Å². The molecule has 2 aliphatic rings. The number of benzene rings is 2. The predicted octanol–water partition coefficient (Wildman–Crippen LogP) is 3.94. The molecule has 0 N–H and O–H groups in total. The maximum Gasteiger partial charge on any atom is 0.260 e. The van der Waals surface area contributed by atoms with E-state index < -0.39 is 0 Å². The van der Waals surface area contributed by atoms with E-state index in [0.29, 0.717) is 0 Å². The molecule has 0 unspecified atom stereocenters. The summed E-state index contributed by atoms with van der Waals surface area (Å²) in [6, 6.07) is 14.9. The molecule has 27 heavy (non-hydrogen) atoms. The second kappa shape index (κ2) is 8.30. The van der Waals surface area contributed by atoms with Crippen LogP contribution in [0.15, 0.2) is 42.5 Å². The van der Waals surface area contributed by atoms with Crippen LogP contribution in [-0.2, 0) is 4.79 Å². The molecule has 2 fully saturated rings. The summed E-state index contributed by atoms with van der Waals surface area (Å²) in [4.78, 5) is 17.1. The van der Waals surface area contributed by atoms with E-state index in [-0.39, 0.29) is 12.5 Å². The molecule has 0 spiro atoms. The van der Waals surface area contributed by atoms with Crippen LogP contribution in [0.1, 0.15) is 32.6 Å². The summed E-state index contributed by atoms with van der Waals surface area (Å²) in [6.45, 7) is 6.14. The molecule has 0 bridgehead atoms. The van der Waals surface area contributed by atoms with E-state index in [1.807, 2.05) is 35.2 Å². The van der Waals surface area contributed by atoms with Crippen LogP contribution < -0.4 is 4.74 Å². The molecule has 1 aliphatic heterocycles. The van der Waals surface area contributed by atoms with Gasteiger partial charge in [-0.1, -0.05) is 50.1 Å². The molecule has 0 radical (unpaired) electrons. The fraction of sp³-hybridized carbons (Fsp3) is 0.522. The van der Waals surface area contributed by atoms with Crippen molar-refractivity contribution in [2.75, 3.05) is 32.8 Å². The Labute approximate surface area is 162 Å². The minimum Gasteiger partial charge on any atom is -0.484 e. The van der Waals surface area contributed by atoms with Gasteiger partial charge in [0.25, 0.3) is 5.91 Å². The van der Waals surface area contributed by atoms with Crippen molar-refractivity contribution < 1.29 is 9.53 Å². The van der Waals surface area contributed by atoms with Crippen LogP contribution in [0.3, 0.4) is 0 Å². The third-order valence-corrected chi connectivity index (χ3v) is 6.18. The number of hydrogen-bond donors (Lipinski definition) is 0. The Morgan fingerprint density at radius 2 is 1.81 bits per heavy atom. The second-order valence-electron chi connectivity index (χ2n) is 8.14. The zero-order valence-electron chi connectivity index (χ0n) is 16.3. The Kier molecular flexibility index (Phi) is 5.63. The number of rotatable bonds is 4. The first kappa shape index (κ1) is 18.3. The molecule has 2 atom stereocenters. The SMILES string of the molecule is C[C@H]1CCC[C@@H](N2CCN(C(=O)COc3ccc4ccccc4c3)CC2)C1. The first-order valence-electron chi connectivity index (χ1n) is 10.3. The van der Waals surface area contributed by atoms with Crippen LogP contribution in [0.4, 0.5) is 0 Å². The largest absolute Gasteiger partial charge is 0.484 e. The molecule has 4 nitrogen and oxygen atoms in total. The van der Waals surface area contributed by atoms with Crippen LogP contribution in [0.2, 0.25) is 0 Å². The molecular weight excluding hydrogens is 336 g/mol. The number of piperazine rings is 1. The van der Waals surface area contributed by atoms with Crippen molar-refractivity contribution in [1.82, 2.24) is 9.80 Å². The van der Waals surface area contributed by atoms with Crippen molar-refractivity contribution in [1.29, 1.82) is 0 Å². The van der Waals surface area contributed by atoms with E-state index >= 15 is 0 Å². The summed E-state index contributed by atoms with van der Waals surface area (Å²) < 4.78 is 5.78. The topological polar surface area (TPSA) is 32.8 Å².